The molecule has 0 spiro atoms. The van der Waals surface area contributed by atoms with E-state index >= 15 is 0 Å². The van der Waals surface area contributed by atoms with Crippen LogP contribution in [0.1, 0.15) is 15.9 Å². The van der Waals surface area contributed by atoms with Gasteiger partial charge in [-0.05, 0) is 24.0 Å². The lowest BCUT2D eigenvalue weighted by Gasteiger charge is -2.03. The van der Waals surface area contributed by atoms with Gasteiger partial charge in [-0.3, -0.25) is 4.79 Å². The standard InChI is InChI=1S/C20H19N2O2/c1-15-6-8-16(9-7-15)19-10-11-22(14-21-19)13-20(23)17-4-3-5-18(12-17)24-2/h3-12,14H,13H2,1-2H3/q+1. The van der Waals surface area contributed by atoms with Crippen molar-refractivity contribution in [3.05, 3.63) is 78.2 Å². The lowest BCUT2D eigenvalue weighted by Crippen LogP contribution is -2.37. The maximum absolute atomic E-state index is 12.4. The monoisotopic (exact) mass is 319 g/mol. The van der Waals surface area contributed by atoms with Gasteiger partial charge >= 0.3 is 0 Å². The minimum Gasteiger partial charge on any atom is -0.497 e. The van der Waals surface area contributed by atoms with Crippen molar-refractivity contribution in [3.8, 4) is 17.0 Å². The van der Waals surface area contributed by atoms with E-state index in [1.165, 1.54) is 5.56 Å². The van der Waals surface area contributed by atoms with Crippen molar-refractivity contribution in [1.29, 1.82) is 0 Å². The zero-order valence-corrected chi connectivity index (χ0v) is 13.8. The van der Waals surface area contributed by atoms with Gasteiger partial charge in [0, 0.05) is 17.2 Å². The molecule has 0 fully saturated rings. The van der Waals surface area contributed by atoms with Gasteiger partial charge in [0.25, 0.3) is 6.33 Å². The highest BCUT2D eigenvalue weighted by atomic mass is 16.5. The Morgan fingerprint density at radius 1 is 1.12 bits per heavy atom. The maximum atomic E-state index is 12.4. The number of hydrogen-bond acceptors (Lipinski definition) is 3. The second-order valence-corrected chi connectivity index (χ2v) is 5.64. The van der Waals surface area contributed by atoms with Gasteiger partial charge in [0.05, 0.1) is 13.3 Å². The Balaban J connectivity index is 1.73. The zero-order valence-electron chi connectivity index (χ0n) is 13.8. The van der Waals surface area contributed by atoms with Gasteiger partial charge in [-0.1, -0.05) is 42.0 Å². The van der Waals surface area contributed by atoms with E-state index in [2.05, 4.69) is 24.0 Å². The Morgan fingerprint density at radius 3 is 2.58 bits per heavy atom. The second-order valence-electron chi connectivity index (χ2n) is 5.64. The van der Waals surface area contributed by atoms with Crippen LogP contribution in [0.3, 0.4) is 0 Å². The molecule has 0 radical (unpaired) electrons. The lowest BCUT2D eigenvalue weighted by atomic mass is 10.1. The third-order valence-corrected chi connectivity index (χ3v) is 3.83. The molecule has 4 heteroatoms. The van der Waals surface area contributed by atoms with E-state index in [9.17, 15) is 4.79 Å². The summed E-state index contributed by atoms with van der Waals surface area (Å²) in [5, 5.41) is 0. The van der Waals surface area contributed by atoms with Crippen LogP contribution >= 0.6 is 0 Å². The number of carbonyl (C=O) groups is 1. The van der Waals surface area contributed by atoms with E-state index in [0.29, 0.717) is 11.3 Å². The van der Waals surface area contributed by atoms with Gasteiger partial charge in [-0.2, -0.15) is 0 Å². The fourth-order valence-corrected chi connectivity index (χ4v) is 2.43. The van der Waals surface area contributed by atoms with Crippen LogP contribution in [0.15, 0.2) is 67.1 Å². The molecular formula is C20H19N2O2+. The molecule has 0 N–H and O–H groups in total. The summed E-state index contributed by atoms with van der Waals surface area (Å²) in [7, 11) is 1.59. The van der Waals surface area contributed by atoms with Crippen LogP contribution in [0.5, 0.6) is 5.75 Å². The number of ether oxygens (including phenoxy) is 1. The molecule has 0 bridgehead atoms. The largest absolute Gasteiger partial charge is 0.497 e. The Bertz CT molecular complexity index is 840. The zero-order chi connectivity index (χ0) is 16.9. The highest BCUT2D eigenvalue weighted by molar-refractivity contribution is 5.95. The first-order valence-electron chi connectivity index (χ1n) is 7.75. The minimum absolute atomic E-state index is 0.0174. The quantitative estimate of drug-likeness (QED) is 0.535. The van der Waals surface area contributed by atoms with Crippen LogP contribution in [0, 0.1) is 6.92 Å². The van der Waals surface area contributed by atoms with E-state index in [4.69, 9.17) is 4.74 Å². The van der Waals surface area contributed by atoms with Crippen molar-refractivity contribution < 1.29 is 14.1 Å². The van der Waals surface area contributed by atoms with E-state index in [-0.39, 0.29) is 12.3 Å². The van der Waals surface area contributed by atoms with Crippen molar-refractivity contribution in [2.75, 3.05) is 7.11 Å². The number of ketones is 1. The predicted molar refractivity (Wildman–Crippen MR) is 91.9 cm³/mol. The Hall–Kier alpha value is -3.01. The first-order valence-corrected chi connectivity index (χ1v) is 7.75. The minimum atomic E-state index is 0.0174. The Labute approximate surface area is 141 Å². The molecule has 0 atom stereocenters. The number of rotatable bonds is 5. The molecule has 0 aliphatic rings. The first-order chi connectivity index (χ1) is 11.7. The van der Waals surface area contributed by atoms with Crippen molar-refractivity contribution >= 4 is 5.78 Å². The molecular weight excluding hydrogens is 300 g/mol. The van der Waals surface area contributed by atoms with Gasteiger partial charge < -0.3 is 4.74 Å². The summed E-state index contributed by atoms with van der Waals surface area (Å²) >= 11 is 0. The fraction of sp³-hybridized carbons (Fsp3) is 0.150. The fourth-order valence-electron chi connectivity index (χ4n) is 2.43. The molecule has 4 nitrogen and oxygen atoms in total. The highest BCUT2D eigenvalue weighted by Crippen LogP contribution is 2.16. The van der Waals surface area contributed by atoms with E-state index in [1.54, 1.807) is 30.1 Å². The van der Waals surface area contributed by atoms with Crippen molar-refractivity contribution in [2.45, 2.75) is 13.5 Å². The van der Waals surface area contributed by atoms with Crippen molar-refractivity contribution in [1.82, 2.24) is 4.98 Å². The van der Waals surface area contributed by atoms with Gasteiger partial charge in [0.2, 0.25) is 5.78 Å². The maximum Gasteiger partial charge on any atom is 0.287 e. The summed E-state index contributed by atoms with van der Waals surface area (Å²) in [4.78, 5) is 16.8. The van der Waals surface area contributed by atoms with E-state index in [0.717, 1.165) is 11.3 Å². The number of aromatic nitrogens is 2. The molecule has 2 aromatic carbocycles. The number of aryl methyl sites for hydroxylation is 1. The van der Waals surface area contributed by atoms with Crippen molar-refractivity contribution in [2.24, 2.45) is 0 Å². The van der Waals surface area contributed by atoms with Crippen LogP contribution in [-0.2, 0) is 6.54 Å². The highest BCUT2D eigenvalue weighted by Gasteiger charge is 2.12. The SMILES string of the molecule is COc1cccc(C(=O)C[n+]2ccc(-c3ccc(C)cc3)nc2)c1. The second kappa shape index (κ2) is 7.04. The number of nitrogens with zero attached hydrogens (tertiary/aromatic N) is 2. The first kappa shape index (κ1) is 15.9. The van der Waals surface area contributed by atoms with Gasteiger partial charge in [0.15, 0.2) is 12.2 Å². The van der Waals surface area contributed by atoms with Crippen molar-refractivity contribution in [3.63, 3.8) is 0 Å². The predicted octanol–water partition coefficient (Wildman–Crippen LogP) is 3.24. The summed E-state index contributed by atoms with van der Waals surface area (Å²) in [6.45, 7) is 2.30. The number of benzene rings is 2. The number of carbonyl (C=O) groups excluding carboxylic acids is 1. The molecule has 1 aromatic heterocycles. The molecule has 120 valence electrons. The lowest BCUT2D eigenvalue weighted by molar-refractivity contribution is -0.686. The summed E-state index contributed by atoms with van der Waals surface area (Å²) < 4.78 is 6.93. The van der Waals surface area contributed by atoms with Crippen LogP contribution in [0.4, 0.5) is 0 Å². The van der Waals surface area contributed by atoms with Crippen LogP contribution in [0.2, 0.25) is 0 Å². The molecule has 0 unspecified atom stereocenters. The van der Waals surface area contributed by atoms with Crippen LogP contribution in [0.25, 0.3) is 11.3 Å². The molecule has 0 saturated heterocycles. The summed E-state index contributed by atoms with van der Waals surface area (Å²) in [6, 6.07) is 17.3. The Kier molecular flexibility index (Phi) is 4.66. The number of Topliss-reactive ketones (excluding diaryl/α,β-unsaturated/α-hetero) is 1. The molecule has 0 saturated carbocycles. The third kappa shape index (κ3) is 3.66. The topological polar surface area (TPSA) is 43.1 Å². The van der Waals surface area contributed by atoms with Crippen LogP contribution in [-0.4, -0.2) is 17.9 Å². The Morgan fingerprint density at radius 2 is 1.92 bits per heavy atom. The van der Waals surface area contributed by atoms with Crippen LogP contribution < -0.4 is 9.30 Å². The molecule has 0 amide bonds. The average Bonchev–Trinajstić information content (AvgIpc) is 2.63. The molecule has 1 heterocycles. The van der Waals surface area contributed by atoms with E-state index in [1.807, 2.05) is 36.5 Å². The van der Waals surface area contributed by atoms with Gasteiger partial charge in [0.1, 0.15) is 5.75 Å². The molecule has 3 aromatic rings. The molecule has 3 rings (SSSR count). The normalized spacial score (nSPS) is 10.4. The molecule has 0 aliphatic heterocycles. The number of hydrogen-bond donors (Lipinski definition) is 0. The molecule has 24 heavy (non-hydrogen) atoms. The number of methoxy groups -OCH3 is 1. The summed E-state index contributed by atoms with van der Waals surface area (Å²) in [5.74, 6) is 0.697. The molecule has 0 aliphatic carbocycles. The smallest absolute Gasteiger partial charge is 0.287 e. The van der Waals surface area contributed by atoms with Gasteiger partial charge in [-0.25, -0.2) is 4.57 Å². The summed E-state index contributed by atoms with van der Waals surface area (Å²) in [6.07, 6.45) is 3.56. The van der Waals surface area contributed by atoms with E-state index < -0.39 is 0 Å². The third-order valence-electron chi connectivity index (χ3n) is 3.83. The average molecular weight is 319 g/mol. The summed E-state index contributed by atoms with van der Waals surface area (Å²) in [5.41, 5.74) is 3.80. The van der Waals surface area contributed by atoms with Gasteiger partial charge in [-0.15, -0.1) is 0 Å².